The second-order valence-corrected chi connectivity index (χ2v) is 5.85. The second kappa shape index (κ2) is 5.04. The van der Waals surface area contributed by atoms with Gasteiger partial charge >= 0.3 is 6.03 Å². The van der Waals surface area contributed by atoms with Crippen molar-refractivity contribution in [3.05, 3.63) is 29.8 Å². The lowest BCUT2D eigenvalue weighted by molar-refractivity contribution is 0.0827. The molecule has 3 rings (SSSR count). The van der Waals surface area contributed by atoms with Crippen molar-refractivity contribution in [3.63, 3.8) is 0 Å². The lowest BCUT2D eigenvalue weighted by Crippen LogP contribution is -2.37. The Morgan fingerprint density at radius 3 is 2.52 bits per heavy atom. The second-order valence-electron chi connectivity index (χ2n) is 5.85. The zero-order valence-corrected chi connectivity index (χ0v) is 12.3. The fourth-order valence-electron chi connectivity index (χ4n) is 3.03. The number of nitrogens with two attached hydrogens (primary N) is 1. The summed E-state index contributed by atoms with van der Waals surface area (Å²) in [6.07, 6.45) is 0.876. The Labute approximate surface area is 124 Å². The fraction of sp³-hybridized carbons (Fsp3) is 0.467. The van der Waals surface area contributed by atoms with Gasteiger partial charge in [-0.1, -0.05) is 0 Å². The van der Waals surface area contributed by atoms with Crippen LogP contribution in [0, 0.1) is 0 Å². The number of hydrogen-bond acceptors (Lipinski definition) is 3. The number of amides is 3. The molecule has 2 atom stereocenters. The summed E-state index contributed by atoms with van der Waals surface area (Å²) in [5, 5.41) is 0. The van der Waals surface area contributed by atoms with Crippen molar-refractivity contribution in [2.45, 2.75) is 18.5 Å². The van der Waals surface area contributed by atoms with Crippen LogP contribution in [0.15, 0.2) is 24.3 Å². The van der Waals surface area contributed by atoms with Gasteiger partial charge in [0.1, 0.15) is 0 Å². The van der Waals surface area contributed by atoms with E-state index in [1.54, 1.807) is 31.1 Å². The zero-order valence-electron chi connectivity index (χ0n) is 12.3. The highest BCUT2D eigenvalue weighted by molar-refractivity contribution is 5.97. The summed E-state index contributed by atoms with van der Waals surface area (Å²) in [5.41, 5.74) is 7.48. The number of hydrogen-bond donors (Lipinski definition) is 1. The molecule has 112 valence electrons. The third kappa shape index (κ3) is 2.25. The summed E-state index contributed by atoms with van der Waals surface area (Å²) >= 11 is 0. The molecule has 2 N–H and O–H groups in total. The van der Waals surface area contributed by atoms with Gasteiger partial charge in [0.15, 0.2) is 0 Å². The van der Waals surface area contributed by atoms with E-state index < -0.39 is 0 Å². The Bertz CT molecular complexity index is 570. The molecule has 3 amide bonds. The van der Waals surface area contributed by atoms with Crippen LogP contribution in [0.5, 0.6) is 0 Å². The van der Waals surface area contributed by atoms with Gasteiger partial charge in [0.25, 0.3) is 5.91 Å². The van der Waals surface area contributed by atoms with Crippen LogP contribution in [-0.2, 0) is 0 Å². The molecule has 1 aromatic rings. The van der Waals surface area contributed by atoms with Gasteiger partial charge in [0.05, 0.1) is 6.04 Å². The highest BCUT2D eigenvalue weighted by Crippen LogP contribution is 2.29. The van der Waals surface area contributed by atoms with Gasteiger partial charge in [-0.15, -0.1) is 0 Å². The first-order valence-corrected chi connectivity index (χ1v) is 7.14. The smallest absolute Gasteiger partial charge is 0.324 e. The molecule has 2 heterocycles. The summed E-state index contributed by atoms with van der Waals surface area (Å²) in [7, 11) is 3.44. The van der Waals surface area contributed by atoms with E-state index in [2.05, 4.69) is 0 Å². The minimum Gasteiger partial charge on any atom is -0.345 e. The van der Waals surface area contributed by atoms with Crippen molar-refractivity contribution >= 4 is 17.6 Å². The minimum absolute atomic E-state index is 0.0136. The molecule has 21 heavy (non-hydrogen) atoms. The van der Waals surface area contributed by atoms with E-state index in [-0.39, 0.29) is 24.0 Å². The number of carbonyl (C=O) groups is 2. The van der Waals surface area contributed by atoms with Gasteiger partial charge in [0, 0.05) is 44.5 Å². The number of anilines is 1. The van der Waals surface area contributed by atoms with Crippen LogP contribution in [-0.4, -0.2) is 61.0 Å². The summed E-state index contributed by atoms with van der Waals surface area (Å²) in [5.74, 6) is -0.0445. The third-order valence-corrected chi connectivity index (χ3v) is 4.28. The monoisotopic (exact) mass is 288 g/mol. The number of carbonyl (C=O) groups excluding carboxylic acids is 2. The van der Waals surface area contributed by atoms with Gasteiger partial charge < -0.3 is 15.5 Å². The Morgan fingerprint density at radius 1 is 1.29 bits per heavy atom. The maximum atomic E-state index is 12.4. The van der Waals surface area contributed by atoms with Gasteiger partial charge in [0.2, 0.25) is 0 Å². The maximum Gasteiger partial charge on any atom is 0.324 e. The van der Waals surface area contributed by atoms with E-state index >= 15 is 0 Å². The van der Waals surface area contributed by atoms with E-state index in [4.69, 9.17) is 5.73 Å². The van der Waals surface area contributed by atoms with E-state index in [1.165, 1.54) is 4.90 Å². The lowest BCUT2D eigenvalue weighted by Gasteiger charge is -2.18. The van der Waals surface area contributed by atoms with Crippen LogP contribution in [0.25, 0.3) is 0 Å². The average molecular weight is 288 g/mol. The number of nitrogens with zero attached hydrogens (tertiary/aromatic N) is 3. The predicted molar refractivity (Wildman–Crippen MR) is 80.3 cm³/mol. The average Bonchev–Trinajstić information content (AvgIpc) is 3.00. The van der Waals surface area contributed by atoms with E-state index in [1.807, 2.05) is 17.0 Å². The lowest BCUT2D eigenvalue weighted by atomic mass is 10.1. The molecule has 2 saturated heterocycles. The topological polar surface area (TPSA) is 69.9 Å². The molecule has 2 fully saturated rings. The summed E-state index contributed by atoms with van der Waals surface area (Å²) in [4.78, 5) is 29.4. The van der Waals surface area contributed by atoms with Crippen LogP contribution >= 0.6 is 0 Å². The van der Waals surface area contributed by atoms with Crippen LogP contribution in [0.4, 0.5) is 10.5 Å². The van der Waals surface area contributed by atoms with E-state index in [0.29, 0.717) is 12.1 Å². The molecule has 2 aliphatic heterocycles. The fourth-order valence-corrected chi connectivity index (χ4v) is 3.03. The van der Waals surface area contributed by atoms with E-state index in [0.717, 1.165) is 18.7 Å². The molecule has 0 aromatic heterocycles. The maximum absolute atomic E-state index is 12.4. The molecule has 0 radical (unpaired) electrons. The molecular weight excluding hydrogens is 268 g/mol. The van der Waals surface area contributed by atoms with Crippen LogP contribution < -0.4 is 10.6 Å². The molecule has 0 saturated carbocycles. The predicted octanol–water partition coefficient (Wildman–Crippen LogP) is 0.730. The summed E-state index contributed by atoms with van der Waals surface area (Å²) < 4.78 is 0. The van der Waals surface area contributed by atoms with Crippen LogP contribution in [0.3, 0.4) is 0 Å². The Kier molecular flexibility index (Phi) is 3.33. The van der Waals surface area contributed by atoms with Gasteiger partial charge in [-0.05, 0) is 30.7 Å². The Morgan fingerprint density at radius 2 is 1.95 bits per heavy atom. The van der Waals surface area contributed by atoms with Gasteiger partial charge in [-0.25, -0.2) is 4.79 Å². The van der Waals surface area contributed by atoms with Crippen LogP contribution in [0.2, 0.25) is 0 Å². The standard InChI is InChI=1S/C15H20N4O2/c1-17(2)14(20)10-3-5-11(6-4-10)19-9-13-12(16)7-8-18(13)15(19)21/h3-6,12-13H,7-9,16H2,1-2H3/t12-,13-/m1/s1. The highest BCUT2D eigenvalue weighted by Gasteiger charge is 2.44. The van der Waals surface area contributed by atoms with Crippen molar-refractivity contribution in [2.24, 2.45) is 5.73 Å². The van der Waals surface area contributed by atoms with Crippen molar-refractivity contribution < 1.29 is 9.59 Å². The van der Waals surface area contributed by atoms with Crippen molar-refractivity contribution in [2.75, 3.05) is 32.1 Å². The zero-order chi connectivity index (χ0) is 15.1. The van der Waals surface area contributed by atoms with Crippen LogP contribution in [0.1, 0.15) is 16.8 Å². The third-order valence-electron chi connectivity index (χ3n) is 4.28. The van der Waals surface area contributed by atoms with Gasteiger partial charge in [-0.3, -0.25) is 9.69 Å². The Balaban J connectivity index is 1.79. The summed E-state index contributed by atoms with van der Waals surface area (Å²) in [6, 6.07) is 7.35. The first-order chi connectivity index (χ1) is 9.99. The quantitative estimate of drug-likeness (QED) is 0.872. The first kappa shape index (κ1) is 13.9. The van der Waals surface area contributed by atoms with Gasteiger partial charge in [-0.2, -0.15) is 0 Å². The molecule has 6 heteroatoms. The molecule has 1 aromatic carbocycles. The van der Waals surface area contributed by atoms with Crippen molar-refractivity contribution in [3.8, 4) is 0 Å². The number of rotatable bonds is 2. The van der Waals surface area contributed by atoms with Crippen molar-refractivity contribution in [1.29, 1.82) is 0 Å². The molecule has 0 unspecified atom stereocenters. The normalized spacial score (nSPS) is 24.4. The van der Waals surface area contributed by atoms with E-state index in [9.17, 15) is 9.59 Å². The molecule has 0 spiro atoms. The number of benzene rings is 1. The summed E-state index contributed by atoms with van der Waals surface area (Å²) in [6.45, 7) is 1.36. The number of urea groups is 1. The number of fused-ring (bicyclic) bond motifs is 1. The first-order valence-electron chi connectivity index (χ1n) is 7.14. The molecule has 6 nitrogen and oxygen atoms in total. The molecule has 0 bridgehead atoms. The minimum atomic E-state index is -0.0445. The largest absolute Gasteiger partial charge is 0.345 e. The SMILES string of the molecule is CN(C)C(=O)c1ccc(N2C[C@@H]3[C@H](N)CCN3C2=O)cc1. The van der Waals surface area contributed by atoms with Crippen molar-refractivity contribution in [1.82, 2.24) is 9.80 Å². The molecule has 0 aliphatic carbocycles. The molecule has 2 aliphatic rings. The molecular formula is C15H20N4O2. The Hall–Kier alpha value is -2.08. The highest BCUT2D eigenvalue weighted by atomic mass is 16.2.